The molecule has 4 aromatic carbocycles. The van der Waals surface area contributed by atoms with Crippen LogP contribution in [0, 0.1) is 27.7 Å². The number of benzene rings is 4. The summed E-state index contributed by atoms with van der Waals surface area (Å²) in [5, 5.41) is 16.6. The van der Waals surface area contributed by atoms with Crippen molar-refractivity contribution in [2.75, 3.05) is 22.9 Å². The smallest absolute Gasteiger partial charge is 0.296 e. The van der Waals surface area contributed by atoms with Gasteiger partial charge in [-0.25, -0.2) is 0 Å². The molecule has 232 valence electrons. The fourth-order valence-corrected chi connectivity index (χ4v) is 5.75. The molecule has 0 heterocycles. The maximum Gasteiger partial charge on any atom is 0.296 e. The summed E-state index contributed by atoms with van der Waals surface area (Å²) >= 11 is 0. The molecule has 0 saturated heterocycles. The van der Waals surface area contributed by atoms with E-state index in [1.165, 1.54) is 12.1 Å². The molecule has 0 saturated carbocycles. The molecule has 0 atom stereocenters. The molecule has 0 bridgehead atoms. The van der Waals surface area contributed by atoms with E-state index >= 15 is 0 Å². The van der Waals surface area contributed by atoms with Crippen LogP contribution in [-0.2, 0) is 20.2 Å². The normalized spacial score (nSPS) is 11.9. The predicted molar refractivity (Wildman–Crippen MR) is 181 cm³/mol. The molecular formula is C28H30N8Na2O6S2. The van der Waals surface area contributed by atoms with Crippen molar-refractivity contribution in [3.05, 3.63) is 70.8 Å². The first kappa shape index (κ1) is 39.3. The average Bonchev–Trinajstić information content (AvgIpc) is 2.92. The summed E-state index contributed by atoms with van der Waals surface area (Å²) in [6.07, 6.45) is 0. The number of hydrogen-bond acceptors (Lipinski definition) is 12. The molecule has 0 fully saturated rings. The van der Waals surface area contributed by atoms with Crippen molar-refractivity contribution < 1.29 is 25.9 Å². The van der Waals surface area contributed by atoms with Gasteiger partial charge in [0.2, 0.25) is 0 Å². The van der Waals surface area contributed by atoms with E-state index in [0.717, 1.165) is 22.3 Å². The van der Waals surface area contributed by atoms with Gasteiger partial charge in [0.25, 0.3) is 20.2 Å². The SMILES string of the molecule is Cc1cc(-c2ccc(N=Nc3c(N)c(C)cc(S(=O)(=O)O)c3N)c(C)c2)ccc1N=Nc1c(N)c(C)cc(S(=O)(=O)O)c1N.[Na].[Na]. The monoisotopic (exact) mass is 684 g/mol. The van der Waals surface area contributed by atoms with Gasteiger partial charge in [0, 0.05) is 59.1 Å². The number of anilines is 4. The molecule has 2 radical (unpaired) electrons. The standard InChI is InChI=1S/C28H30N8O6S2.2Na/c1-13-9-17(5-7-19(13)33-35-27-23(29)15(3)11-21(25(27)31)43(37,38)39)18-6-8-20(14(2)10-18)34-36-28-24(30)16(4)12-22(26(28)32)44(40,41)42;;/h5-12H,29-32H2,1-4H3,(H,37,38,39)(H,40,41,42);;. The molecule has 18 heteroatoms. The molecule has 0 unspecified atom stereocenters. The van der Waals surface area contributed by atoms with Gasteiger partial charge < -0.3 is 22.9 Å². The molecular weight excluding hydrogens is 654 g/mol. The molecule has 0 amide bonds. The van der Waals surface area contributed by atoms with E-state index in [4.69, 9.17) is 22.9 Å². The topological polar surface area (TPSA) is 262 Å². The van der Waals surface area contributed by atoms with E-state index in [1.807, 2.05) is 38.1 Å². The number of rotatable bonds is 7. The maximum atomic E-state index is 11.7. The van der Waals surface area contributed by atoms with Crippen LogP contribution in [0.25, 0.3) is 11.1 Å². The van der Waals surface area contributed by atoms with Gasteiger partial charge in [-0.15, -0.1) is 10.2 Å². The molecule has 14 nitrogen and oxygen atoms in total. The van der Waals surface area contributed by atoms with Crippen molar-refractivity contribution in [3.63, 3.8) is 0 Å². The Bertz CT molecular complexity index is 1970. The van der Waals surface area contributed by atoms with Gasteiger partial charge in [0.1, 0.15) is 21.2 Å². The molecule has 0 spiro atoms. The van der Waals surface area contributed by atoms with Crippen LogP contribution in [0.1, 0.15) is 22.3 Å². The summed E-state index contributed by atoms with van der Waals surface area (Å²) in [5.41, 5.74) is 28.3. The van der Waals surface area contributed by atoms with Crippen LogP contribution in [0.2, 0.25) is 0 Å². The largest absolute Gasteiger partial charge is 0.397 e. The van der Waals surface area contributed by atoms with Gasteiger partial charge in [-0.2, -0.15) is 27.1 Å². The molecule has 0 aliphatic rings. The molecule has 0 aromatic heterocycles. The van der Waals surface area contributed by atoms with Crippen LogP contribution < -0.4 is 22.9 Å². The second-order valence-electron chi connectivity index (χ2n) is 10.1. The van der Waals surface area contributed by atoms with Crippen LogP contribution >= 0.6 is 0 Å². The summed E-state index contributed by atoms with van der Waals surface area (Å²) in [6.45, 7) is 6.75. The fraction of sp³-hybridized carbons (Fsp3) is 0.143. The van der Waals surface area contributed by atoms with Crippen molar-refractivity contribution in [1.82, 2.24) is 0 Å². The summed E-state index contributed by atoms with van der Waals surface area (Å²) in [7, 11) is -9.19. The first-order valence-corrected chi connectivity index (χ1v) is 15.7. The molecule has 10 N–H and O–H groups in total. The third-order valence-electron chi connectivity index (χ3n) is 6.89. The molecule has 0 aliphatic carbocycles. The van der Waals surface area contributed by atoms with Crippen molar-refractivity contribution in [3.8, 4) is 11.1 Å². The van der Waals surface area contributed by atoms with Gasteiger partial charge in [0.15, 0.2) is 0 Å². The predicted octanol–water partition coefficient (Wildman–Crippen LogP) is 5.48. The van der Waals surface area contributed by atoms with Gasteiger partial charge in [0.05, 0.1) is 34.1 Å². The third kappa shape index (κ3) is 8.32. The van der Waals surface area contributed by atoms with E-state index in [0.29, 0.717) is 22.5 Å². The Balaban J connectivity index is 0.00000368. The third-order valence-corrected chi connectivity index (χ3v) is 8.68. The van der Waals surface area contributed by atoms with Crippen molar-refractivity contribution in [1.29, 1.82) is 0 Å². The minimum absolute atomic E-state index is 0. The number of nitrogens with zero attached hydrogens (tertiary/aromatic N) is 4. The van der Waals surface area contributed by atoms with Crippen LogP contribution in [0.4, 0.5) is 45.5 Å². The fourth-order valence-electron chi connectivity index (χ4n) is 4.35. The van der Waals surface area contributed by atoms with Gasteiger partial charge in [-0.1, -0.05) is 12.1 Å². The molecule has 4 aromatic rings. The van der Waals surface area contributed by atoms with Gasteiger partial charge in [-0.3, -0.25) is 9.11 Å². The number of aryl methyl sites for hydroxylation is 4. The number of hydrogen-bond donors (Lipinski definition) is 6. The second-order valence-corrected chi connectivity index (χ2v) is 12.9. The molecule has 4 rings (SSSR count). The maximum absolute atomic E-state index is 11.7. The Labute approximate surface area is 310 Å². The zero-order chi connectivity index (χ0) is 32.7. The summed E-state index contributed by atoms with van der Waals surface area (Å²) in [5.74, 6) is 0. The minimum atomic E-state index is -4.60. The van der Waals surface area contributed by atoms with Crippen LogP contribution in [0.5, 0.6) is 0 Å². The van der Waals surface area contributed by atoms with Crippen LogP contribution in [-0.4, -0.2) is 85.1 Å². The zero-order valence-electron chi connectivity index (χ0n) is 26.1. The number of nitrogens with two attached hydrogens (primary N) is 4. The Morgan fingerprint density at radius 2 is 0.826 bits per heavy atom. The van der Waals surface area contributed by atoms with Crippen molar-refractivity contribution in [2.45, 2.75) is 37.5 Å². The van der Waals surface area contributed by atoms with E-state index in [-0.39, 0.29) is 93.2 Å². The Kier molecular flexibility index (Phi) is 12.7. The Morgan fingerprint density at radius 1 is 0.500 bits per heavy atom. The van der Waals surface area contributed by atoms with E-state index in [2.05, 4.69) is 20.5 Å². The number of azo groups is 2. The summed E-state index contributed by atoms with van der Waals surface area (Å²) in [6, 6.07) is 13.2. The van der Waals surface area contributed by atoms with Crippen LogP contribution in [0.3, 0.4) is 0 Å². The average molecular weight is 685 g/mol. The first-order valence-electron chi connectivity index (χ1n) is 12.8. The number of nitrogen functional groups attached to an aromatic ring is 4. The quantitative estimate of drug-likeness (QED) is 0.0618. The summed E-state index contributed by atoms with van der Waals surface area (Å²) < 4.78 is 65.8. The Hall–Kier alpha value is -2.90. The Morgan fingerprint density at radius 3 is 1.11 bits per heavy atom. The van der Waals surface area contributed by atoms with E-state index in [9.17, 15) is 25.9 Å². The van der Waals surface area contributed by atoms with Gasteiger partial charge in [-0.05, 0) is 97.5 Å². The first-order chi connectivity index (χ1) is 20.4. The summed E-state index contributed by atoms with van der Waals surface area (Å²) in [4.78, 5) is -1.01. The molecule has 0 aliphatic heterocycles. The molecule has 46 heavy (non-hydrogen) atoms. The van der Waals surface area contributed by atoms with E-state index < -0.39 is 30.0 Å². The zero-order valence-corrected chi connectivity index (χ0v) is 31.7. The van der Waals surface area contributed by atoms with Gasteiger partial charge >= 0.3 is 0 Å². The van der Waals surface area contributed by atoms with Crippen molar-refractivity contribution in [2.24, 2.45) is 20.5 Å². The van der Waals surface area contributed by atoms with E-state index in [1.54, 1.807) is 26.0 Å². The minimum Gasteiger partial charge on any atom is -0.397 e. The van der Waals surface area contributed by atoms with Crippen molar-refractivity contribution >= 4 is 125 Å². The van der Waals surface area contributed by atoms with Crippen LogP contribution in [0.15, 0.2) is 78.8 Å². The second kappa shape index (κ2) is 14.9.